The number of fused-ring (bicyclic) bond motifs is 2. The number of hydrogen-bond donors (Lipinski definition) is 0. The van der Waals surface area contributed by atoms with Gasteiger partial charge in [0.05, 0.1) is 24.2 Å². The average Bonchev–Trinajstić information content (AvgIpc) is 3.29. The molecule has 4 rings (SSSR count). The second kappa shape index (κ2) is 4.87. The highest BCUT2D eigenvalue weighted by Gasteiger charge is 2.75. The van der Waals surface area contributed by atoms with Crippen molar-refractivity contribution in [3.8, 4) is 0 Å². The summed E-state index contributed by atoms with van der Waals surface area (Å²) in [6, 6.07) is 0. The van der Waals surface area contributed by atoms with Crippen LogP contribution in [0.15, 0.2) is 12.7 Å². The quantitative estimate of drug-likeness (QED) is 0.424. The smallest absolute Gasteiger partial charge is 0.311 e. The fourth-order valence-corrected chi connectivity index (χ4v) is 7.26. The highest BCUT2D eigenvalue weighted by Crippen LogP contribution is 2.73. The molecule has 3 aliphatic carbocycles. The molecule has 1 saturated heterocycles. The van der Waals surface area contributed by atoms with Gasteiger partial charge in [-0.15, -0.1) is 6.58 Å². The van der Waals surface area contributed by atoms with Crippen LogP contribution in [-0.4, -0.2) is 24.8 Å². The van der Waals surface area contributed by atoms with Gasteiger partial charge in [0.2, 0.25) is 0 Å². The highest BCUT2D eigenvalue weighted by molar-refractivity contribution is 5.77. The van der Waals surface area contributed by atoms with Crippen molar-refractivity contribution in [3.05, 3.63) is 12.7 Å². The summed E-state index contributed by atoms with van der Waals surface area (Å²) in [5.41, 5.74) is 0.0461. The van der Waals surface area contributed by atoms with E-state index in [0.29, 0.717) is 17.9 Å². The van der Waals surface area contributed by atoms with Crippen LogP contribution >= 0.6 is 0 Å². The number of carbonyl (C=O) groups is 1. The van der Waals surface area contributed by atoms with Crippen LogP contribution < -0.4 is 0 Å². The summed E-state index contributed by atoms with van der Waals surface area (Å²) < 4.78 is 11.7. The molecule has 7 atom stereocenters. The molecule has 4 aliphatic rings. The van der Waals surface area contributed by atoms with E-state index in [0.717, 1.165) is 32.1 Å². The number of ether oxygens (including phenoxy) is 2. The molecule has 4 fully saturated rings. The Balaban J connectivity index is 1.70. The van der Waals surface area contributed by atoms with Crippen molar-refractivity contribution in [2.45, 2.75) is 77.4 Å². The van der Waals surface area contributed by atoms with E-state index in [2.05, 4.69) is 33.4 Å². The van der Waals surface area contributed by atoms with Gasteiger partial charge in [-0.3, -0.25) is 4.79 Å². The van der Waals surface area contributed by atoms with Crippen LogP contribution in [0, 0.1) is 28.1 Å². The number of esters is 1. The van der Waals surface area contributed by atoms with Gasteiger partial charge in [0.1, 0.15) is 0 Å². The maximum atomic E-state index is 12.6. The Labute approximate surface area is 146 Å². The van der Waals surface area contributed by atoms with Crippen LogP contribution in [0.25, 0.3) is 0 Å². The molecule has 0 N–H and O–H groups in total. The summed E-state index contributed by atoms with van der Waals surface area (Å²) in [5, 5.41) is 0. The van der Waals surface area contributed by atoms with E-state index in [1.807, 2.05) is 0 Å². The molecule has 1 heterocycles. The van der Waals surface area contributed by atoms with Crippen LogP contribution in [0.5, 0.6) is 0 Å². The van der Waals surface area contributed by atoms with Gasteiger partial charge in [-0.25, -0.2) is 0 Å². The lowest BCUT2D eigenvalue weighted by Gasteiger charge is -2.60. The van der Waals surface area contributed by atoms with Crippen molar-refractivity contribution < 1.29 is 14.3 Å². The first-order valence-electron chi connectivity index (χ1n) is 9.67. The molecule has 3 nitrogen and oxygen atoms in total. The van der Waals surface area contributed by atoms with Crippen molar-refractivity contribution in [3.63, 3.8) is 0 Å². The molecule has 1 aliphatic heterocycles. The summed E-state index contributed by atoms with van der Waals surface area (Å²) in [6.45, 7) is 11.0. The Bertz CT molecular complexity index is 586. The van der Waals surface area contributed by atoms with Gasteiger partial charge in [-0.05, 0) is 62.7 Å². The van der Waals surface area contributed by atoms with Crippen molar-refractivity contribution >= 4 is 5.97 Å². The van der Waals surface area contributed by atoms with Gasteiger partial charge in [0, 0.05) is 5.41 Å². The third-order valence-electron chi connectivity index (χ3n) is 8.60. The molecular weight excluding hydrogens is 300 g/mol. The zero-order valence-corrected chi connectivity index (χ0v) is 15.7. The minimum Gasteiger partial charge on any atom is -0.469 e. The second-order valence-electron chi connectivity index (χ2n) is 9.61. The van der Waals surface area contributed by atoms with E-state index in [-0.39, 0.29) is 27.8 Å². The first-order valence-corrected chi connectivity index (χ1v) is 9.67. The zero-order valence-electron chi connectivity index (χ0n) is 15.7. The van der Waals surface area contributed by atoms with E-state index in [1.54, 1.807) is 7.11 Å². The molecule has 3 heteroatoms. The number of carbonyl (C=O) groups excluding carboxylic acids is 1. The van der Waals surface area contributed by atoms with Gasteiger partial charge in [0.15, 0.2) is 0 Å². The van der Waals surface area contributed by atoms with Crippen LogP contribution in [-0.2, 0) is 14.3 Å². The maximum Gasteiger partial charge on any atom is 0.311 e. The predicted octanol–water partition coefficient (Wildman–Crippen LogP) is 4.51. The predicted molar refractivity (Wildman–Crippen MR) is 93.4 cm³/mol. The number of hydrogen-bond acceptors (Lipinski definition) is 3. The number of epoxide rings is 1. The monoisotopic (exact) mass is 332 g/mol. The molecule has 0 unspecified atom stereocenters. The normalized spacial score (nSPS) is 55.6. The number of rotatable bonds is 2. The first kappa shape index (κ1) is 16.6. The van der Waals surface area contributed by atoms with Crippen molar-refractivity contribution in [1.29, 1.82) is 0 Å². The van der Waals surface area contributed by atoms with Gasteiger partial charge in [-0.1, -0.05) is 26.3 Å². The highest BCUT2D eigenvalue weighted by atomic mass is 16.6. The molecule has 1 spiro atoms. The van der Waals surface area contributed by atoms with Crippen molar-refractivity contribution in [2.75, 3.05) is 7.11 Å². The molecule has 24 heavy (non-hydrogen) atoms. The Kier molecular flexibility index (Phi) is 3.37. The summed E-state index contributed by atoms with van der Waals surface area (Å²) in [7, 11) is 1.54. The molecule has 0 aromatic rings. The Morgan fingerprint density at radius 1 is 1.12 bits per heavy atom. The summed E-state index contributed by atoms with van der Waals surface area (Å²) in [5.74, 6) is 0.986. The van der Waals surface area contributed by atoms with E-state index in [1.165, 1.54) is 12.8 Å². The maximum absolute atomic E-state index is 12.6. The minimum absolute atomic E-state index is 0.00520. The van der Waals surface area contributed by atoms with E-state index < -0.39 is 0 Å². The van der Waals surface area contributed by atoms with Crippen LogP contribution in [0.3, 0.4) is 0 Å². The standard InChI is InChI=1S/C21H32O3/c1-6-18(2)12-8-15-19(3)10-7-11-20(4,17(22)23-5)14(19)9-13-21(15)16(18)24-21/h6,14-16H,1,7-13H2,2-5H3/t14-,15-,16+,18-,19+,20-,21-/m1/s1. The van der Waals surface area contributed by atoms with Crippen molar-refractivity contribution in [1.82, 2.24) is 0 Å². The summed E-state index contributed by atoms with van der Waals surface area (Å²) >= 11 is 0. The van der Waals surface area contributed by atoms with E-state index in [9.17, 15) is 4.79 Å². The van der Waals surface area contributed by atoms with Gasteiger partial charge < -0.3 is 9.47 Å². The minimum atomic E-state index is -0.326. The molecule has 3 saturated carbocycles. The van der Waals surface area contributed by atoms with Crippen molar-refractivity contribution in [2.24, 2.45) is 28.1 Å². The fraction of sp³-hybridized carbons (Fsp3) is 0.857. The molecule has 0 amide bonds. The van der Waals surface area contributed by atoms with Crippen LogP contribution in [0.4, 0.5) is 0 Å². The average molecular weight is 332 g/mol. The second-order valence-corrected chi connectivity index (χ2v) is 9.61. The molecule has 0 bridgehead atoms. The van der Waals surface area contributed by atoms with Gasteiger partial charge in [0.25, 0.3) is 0 Å². The Hall–Kier alpha value is -0.830. The van der Waals surface area contributed by atoms with E-state index >= 15 is 0 Å². The van der Waals surface area contributed by atoms with Crippen LogP contribution in [0.1, 0.15) is 65.7 Å². The fourth-order valence-electron chi connectivity index (χ4n) is 7.26. The lowest BCUT2D eigenvalue weighted by Crippen LogP contribution is -2.59. The molecule has 0 aromatic carbocycles. The third-order valence-corrected chi connectivity index (χ3v) is 8.60. The molecule has 0 radical (unpaired) electrons. The molecule has 0 aromatic heterocycles. The molecular formula is C21H32O3. The Morgan fingerprint density at radius 3 is 2.50 bits per heavy atom. The van der Waals surface area contributed by atoms with E-state index in [4.69, 9.17) is 9.47 Å². The largest absolute Gasteiger partial charge is 0.469 e. The molecule has 134 valence electrons. The third kappa shape index (κ3) is 1.80. The lowest BCUT2D eigenvalue weighted by molar-refractivity contribution is -0.175. The number of methoxy groups -OCH3 is 1. The lowest BCUT2D eigenvalue weighted by atomic mass is 9.43. The van der Waals surface area contributed by atoms with Gasteiger partial charge >= 0.3 is 5.97 Å². The topological polar surface area (TPSA) is 38.8 Å². The Morgan fingerprint density at radius 2 is 1.83 bits per heavy atom. The zero-order chi connectivity index (χ0) is 17.4. The first-order chi connectivity index (χ1) is 11.3. The summed E-state index contributed by atoms with van der Waals surface area (Å²) in [4.78, 5) is 12.6. The van der Waals surface area contributed by atoms with Gasteiger partial charge in [-0.2, -0.15) is 0 Å². The summed E-state index contributed by atoms with van der Waals surface area (Å²) in [6.07, 6.45) is 10.3. The SMILES string of the molecule is C=C[C@]1(C)CC[C@@H]2[C@@]3(C)CCC[C@@](C)(C(=O)OC)[C@@H]3CC[C@@]23O[C@H]31. The van der Waals surface area contributed by atoms with Crippen LogP contribution in [0.2, 0.25) is 0 Å².